The number of rotatable bonds is 2. The van der Waals surface area contributed by atoms with Gasteiger partial charge in [0, 0.05) is 12.0 Å². The summed E-state index contributed by atoms with van der Waals surface area (Å²) in [4.78, 5) is 0. The van der Waals surface area contributed by atoms with E-state index in [-0.39, 0.29) is 6.04 Å². The minimum atomic E-state index is -4.45. The summed E-state index contributed by atoms with van der Waals surface area (Å²) >= 11 is 0. The molecule has 3 unspecified atom stereocenters. The number of aryl methyl sites for hydroxylation is 1. The van der Waals surface area contributed by atoms with E-state index in [1.807, 2.05) is 12.1 Å². The number of hydrogen-bond acceptors (Lipinski definition) is 3. The molecule has 3 atom stereocenters. The van der Waals surface area contributed by atoms with Crippen LogP contribution >= 0.6 is 0 Å². The summed E-state index contributed by atoms with van der Waals surface area (Å²) < 4.78 is 37.4. The lowest BCUT2D eigenvalue weighted by atomic mass is 9.92. The summed E-state index contributed by atoms with van der Waals surface area (Å²) in [7, 11) is 0. The number of fused-ring (bicyclic) bond motifs is 3. The summed E-state index contributed by atoms with van der Waals surface area (Å²) in [5.41, 5.74) is 1.78. The summed E-state index contributed by atoms with van der Waals surface area (Å²) in [5.74, 6) is 1.39. The van der Waals surface area contributed by atoms with Gasteiger partial charge >= 0.3 is 6.18 Å². The van der Waals surface area contributed by atoms with Crippen LogP contribution in [0.1, 0.15) is 29.2 Å². The number of nitrogens with one attached hydrogen (secondary N) is 1. The molecule has 1 saturated carbocycles. The van der Waals surface area contributed by atoms with E-state index in [0.717, 1.165) is 18.9 Å². The molecule has 3 nitrogen and oxygen atoms in total. The number of anilines is 1. The van der Waals surface area contributed by atoms with Gasteiger partial charge in [-0.1, -0.05) is 24.3 Å². The van der Waals surface area contributed by atoms with Gasteiger partial charge in [0.15, 0.2) is 5.69 Å². The third-order valence-electron chi connectivity index (χ3n) is 4.60. The van der Waals surface area contributed by atoms with Crippen molar-refractivity contribution in [3.05, 3.63) is 53.2 Å². The highest BCUT2D eigenvalue weighted by molar-refractivity contribution is 5.47. The Hall–Kier alpha value is -2.11. The molecule has 0 spiro atoms. The second-order valence-electron chi connectivity index (χ2n) is 5.90. The van der Waals surface area contributed by atoms with E-state index in [2.05, 4.69) is 27.6 Å². The molecule has 2 aliphatic carbocycles. The normalized spacial score (nSPS) is 26.0. The van der Waals surface area contributed by atoms with E-state index >= 15 is 0 Å². The van der Waals surface area contributed by atoms with Crippen molar-refractivity contribution in [2.45, 2.75) is 31.0 Å². The SMILES string of the molecule is FC(F)(F)c1ccc(NC2C3CCc4ccccc4C32)nn1. The molecule has 1 N–H and O–H groups in total. The van der Waals surface area contributed by atoms with Crippen LogP contribution < -0.4 is 5.32 Å². The molecule has 0 aliphatic heterocycles. The number of benzene rings is 1. The van der Waals surface area contributed by atoms with Gasteiger partial charge in [-0.3, -0.25) is 0 Å². The molecular formula is C16H14F3N3. The zero-order chi connectivity index (χ0) is 15.3. The first-order valence-electron chi connectivity index (χ1n) is 7.29. The Balaban J connectivity index is 1.50. The number of halogens is 3. The van der Waals surface area contributed by atoms with Crippen molar-refractivity contribution in [1.29, 1.82) is 0 Å². The van der Waals surface area contributed by atoms with Crippen LogP contribution in [0, 0.1) is 5.92 Å². The van der Waals surface area contributed by atoms with Gasteiger partial charge in [-0.15, -0.1) is 10.2 Å². The fourth-order valence-electron chi connectivity index (χ4n) is 3.49. The van der Waals surface area contributed by atoms with E-state index in [1.165, 1.54) is 17.2 Å². The lowest BCUT2D eigenvalue weighted by molar-refractivity contribution is -0.141. The quantitative estimate of drug-likeness (QED) is 0.920. The van der Waals surface area contributed by atoms with Crippen molar-refractivity contribution in [2.24, 2.45) is 5.92 Å². The first-order chi connectivity index (χ1) is 10.5. The lowest BCUT2D eigenvalue weighted by Gasteiger charge is -2.13. The molecule has 1 heterocycles. The molecule has 1 aromatic carbocycles. The van der Waals surface area contributed by atoms with E-state index in [9.17, 15) is 13.2 Å². The van der Waals surface area contributed by atoms with Crippen molar-refractivity contribution in [1.82, 2.24) is 10.2 Å². The Kier molecular flexibility index (Phi) is 2.89. The molecule has 6 heteroatoms. The third-order valence-corrected chi connectivity index (χ3v) is 4.60. The van der Waals surface area contributed by atoms with Crippen molar-refractivity contribution in [3.63, 3.8) is 0 Å². The maximum absolute atomic E-state index is 12.5. The lowest BCUT2D eigenvalue weighted by Crippen LogP contribution is -2.12. The number of aromatic nitrogens is 2. The topological polar surface area (TPSA) is 37.8 Å². The van der Waals surface area contributed by atoms with Crippen LogP contribution in [0.25, 0.3) is 0 Å². The van der Waals surface area contributed by atoms with Crippen molar-refractivity contribution < 1.29 is 13.2 Å². The van der Waals surface area contributed by atoms with Gasteiger partial charge in [0.05, 0.1) is 0 Å². The highest BCUT2D eigenvalue weighted by atomic mass is 19.4. The average Bonchev–Trinajstić information content (AvgIpc) is 3.20. The summed E-state index contributed by atoms with van der Waals surface area (Å²) in [5, 5.41) is 10.1. The Morgan fingerprint density at radius 2 is 1.86 bits per heavy atom. The van der Waals surface area contributed by atoms with Crippen LogP contribution in [0.15, 0.2) is 36.4 Å². The standard InChI is InChI=1S/C16H14F3N3/c17-16(18,19)12-7-8-13(22-21-12)20-15-11-6-5-9-3-1-2-4-10(9)14(11)15/h1-4,7-8,11,14-15H,5-6H2,(H,20,22). The molecule has 4 rings (SSSR count). The smallest absolute Gasteiger partial charge is 0.365 e. The number of hydrogen-bond donors (Lipinski definition) is 1. The van der Waals surface area contributed by atoms with Gasteiger partial charge in [-0.25, -0.2) is 0 Å². The molecule has 0 radical (unpaired) electrons. The van der Waals surface area contributed by atoms with Gasteiger partial charge in [-0.05, 0) is 42.0 Å². The Bertz CT molecular complexity index is 697. The van der Waals surface area contributed by atoms with Crippen LogP contribution in [-0.2, 0) is 12.6 Å². The van der Waals surface area contributed by atoms with E-state index in [4.69, 9.17) is 0 Å². The predicted molar refractivity (Wildman–Crippen MR) is 75.4 cm³/mol. The molecule has 22 heavy (non-hydrogen) atoms. The van der Waals surface area contributed by atoms with Crippen molar-refractivity contribution >= 4 is 5.82 Å². The molecule has 1 fully saturated rings. The molecular weight excluding hydrogens is 291 g/mol. The Morgan fingerprint density at radius 3 is 2.59 bits per heavy atom. The second-order valence-corrected chi connectivity index (χ2v) is 5.90. The highest BCUT2D eigenvalue weighted by Gasteiger charge is 2.53. The molecule has 1 aromatic heterocycles. The predicted octanol–water partition coefficient (Wildman–Crippen LogP) is 3.64. The second kappa shape index (κ2) is 4.69. The van der Waals surface area contributed by atoms with Gasteiger partial charge in [0.25, 0.3) is 0 Å². The first kappa shape index (κ1) is 13.5. The minimum absolute atomic E-state index is 0.245. The van der Waals surface area contributed by atoms with E-state index in [0.29, 0.717) is 17.7 Å². The van der Waals surface area contributed by atoms with E-state index < -0.39 is 11.9 Å². The van der Waals surface area contributed by atoms with Gasteiger partial charge < -0.3 is 5.32 Å². The van der Waals surface area contributed by atoms with Crippen LogP contribution in [0.2, 0.25) is 0 Å². The maximum Gasteiger partial charge on any atom is 0.435 e. The zero-order valence-corrected chi connectivity index (χ0v) is 11.6. The van der Waals surface area contributed by atoms with Gasteiger partial charge in [0.2, 0.25) is 0 Å². The highest BCUT2D eigenvalue weighted by Crippen LogP contribution is 2.55. The Morgan fingerprint density at radius 1 is 1.05 bits per heavy atom. The monoisotopic (exact) mass is 305 g/mol. The van der Waals surface area contributed by atoms with Gasteiger partial charge in [-0.2, -0.15) is 13.2 Å². The fraction of sp³-hybridized carbons (Fsp3) is 0.375. The minimum Gasteiger partial charge on any atom is -0.365 e. The van der Waals surface area contributed by atoms with Crippen molar-refractivity contribution in [3.8, 4) is 0 Å². The zero-order valence-electron chi connectivity index (χ0n) is 11.6. The largest absolute Gasteiger partial charge is 0.435 e. The molecule has 0 bridgehead atoms. The van der Waals surface area contributed by atoms with Crippen LogP contribution in [0.4, 0.5) is 19.0 Å². The Labute approximate surface area is 125 Å². The van der Waals surface area contributed by atoms with E-state index in [1.54, 1.807) is 0 Å². The third kappa shape index (κ3) is 2.23. The van der Waals surface area contributed by atoms with Gasteiger partial charge in [0.1, 0.15) is 5.82 Å². The fourth-order valence-corrected chi connectivity index (χ4v) is 3.49. The summed E-state index contributed by atoms with van der Waals surface area (Å²) in [6, 6.07) is 10.9. The average molecular weight is 305 g/mol. The first-order valence-corrected chi connectivity index (χ1v) is 7.29. The molecule has 114 valence electrons. The molecule has 0 saturated heterocycles. The van der Waals surface area contributed by atoms with Crippen LogP contribution in [-0.4, -0.2) is 16.2 Å². The van der Waals surface area contributed by atoms with Crippen LogP contribution in [0.5, 0.6) is 0 Å². The maximum atomic E-state index is 12.5. The summed E-state index contributed by atoms with van der Waals surface area (Å²) in [6.07, 6.45) is -2.28. The van der Waals surface area contributed by atoms with Crippen molar-refractivity contribution in [2.75, 3.05) is 5.32 Å². The molecule has 2 aromatic rings. The number of nitrogens with zero attached hydrogens (tertiary/aromatic N) is 2. The summed E-state index contributed by atoms with van der Waals surface area (Å²) in [6.45, 7) is 0. The number of alkyl halides is 3. The molecule has 2 aliphatic rings. The van der Waals surface area contributed by atoms with Crippen LogP contribution in [0.3, 0.4) is 0 Å². The molecule has 0 amide bonds.